The molecule has 0 spiro atoms. The maximum absolute atomic E-state index is 13.6. The number of carboxylic acid groups (broad SMARTS) is 1. The number of phenols is 1. The van der Waals surface area contributed by atoms with Gasteiger partial charge < -0.3 is 71.6 Å². The molecule has 52 heavy (non-hydrogen) atoms. The summed E-state index contributed by atoms with van der Waals surface area (Å²) in [4.78, 5) is 84.9. The van der Waals surface area contributed by atoms with Gasteiger partial charge in [0.25, 0.3) is 0 Å². The first kappa shape index (κ1) is 44.3. The molecule has 0 radical (unpaired) electrons. The molecule has 0 bridgehead atoms. The Morgan fingerprint density at radius 2 is 1.10 bits per heavy atom. The number of hydrogen-bond acceptors (Lipinski definition) is 11. The number of unbranched alkanes of at least 4 members (excludes halogenated alkanes) is 1. The van der Waals surface area contributed by atoms with Crippen molar-refractivity contribution in [1.82, 2.24) is 21.3 Å². The number of aliphatic carboxylic acids is 1. The van der Waals surface area contributed by atoms with E-state index in [1.807, 2.05) is 0 Å². The highest BCUT2D eigenvalue weighted by Gasteiger charge is 2.32. The van der Waals surface area contributed by atoms with Gasteiger partial charge in [0.2, 0.25) is 29.5 Å². The average molecular weight is 736 g/mol. The van der Waals surface area contributed by atoms with Gasteiger partial charge in [-0.3, -0.25) is 34.0 Å². The standard InChI is InChI=1S/C31H53N13O8/c32-12-2-1-6-20(42-26(48)21(7-4-14-40-31(37)38)41-25(47)19(33)5-3-13-39-30(35)36)27(49)43-22(16-24(34)46)28(50)44-23(29(51)52)15-17-8-10-18(45)11-9-17/h8-11,19-23,45H,1-7,12-16,32-33H2,(H2,34,46)(H,41,47)(H,42,48)(H,43,49)(H,44,50)(H,51,52)(H4,35,36,39)(H4,37,38,40)/t19-,20-,21-,22-,23-/m0/s1. The Bertz CT molecular complexity index is 1400. The smallest absolute Gasteiger partial charge is 0.326 e. The molecule has 1 rings (SSSR count). The molecule has 21 heteroatoms. The third kappa shape index (κ3) is 18.3. The first-order chi connectivity index (χ1) is 24.5. The van der Waals surface area contributed by atoms with E-state index in [1.54, 1.807) is 0 Å². The Morgan fingerprint density at radius 3 is 1.60 bits per heavy atom. The van der Waals surface area contributed by atoms with Crippen molar-refractivity contribution in [1.29, 1.82) is 0 Å². The molecule has 0 saturated carbocycles. The summed E-state index contributed by atoms with van der Waals surface area (Å²) in [6.45, 7) is 0.633. The van der Waals surface area contributed by atoms with Crippen LogP contribution in [-0.4, -0.2) is 107 Å². The molecule has 0 aliphatic carbocycles. The summed E-state index contributed by atoms with van der Waals surface area (Å²) in [6, 6.07) is -0.993. The Hall–Kier alpha value is -5.70. The van der Waals surface area contributed by atoms with Gasteiger partial charge in [0, 0.05) is 19.5 Å². The van der Waals surface area contributed by atoms with Crippen LogP contribution in [0, 0.1) is 0 Å². The second-order valence-corrected chi connectivity index (χ2v) is 11.9. The van der Waals surface area contributed by atoms with E-state index in [0.717, 1.165) is 0 Å². The molecule has 0 aromatic heterocycles. The van der Waals surface area contributed by atoms with E-state index in [4.69, 9.17) is 40.1 Å². The van der Waals surface area contributed by atoms with E-state index in [2.05, 4.69) is 31.3 Å². The largest absolute Gasteiger partial charge is 0.508 e. The maximum atomic E-state index is 13.6. The zero-order valence-corrected chi connectivity index (χ0v) is 29.0. The number of hydrogen-bond donors (Lipinski definition) is 13. The third-order valence-electron chi connectivity index (χ3n) is 7.49. The van der Waals surface area contributed by atoms with E-state index in [1.165, 1.54) is 24.3 Å². The molecule has 5 amide bonds. The Balaban J connectivity index is 3.19. The van der Waals surface area contributed by atoms with Crippen LogP contribution in [0.2, 0.25) is 0 Å². The molecule has 5 atom stereocenters. The number of amides is 5. The second kappa shape index (κ2) is 23.7. The number of primary amides is 1. The van der Waals surface area contributed by atoms with Crippen molar-refractivity contribution in [2.24, 2.45) is 50.1 Å². The van der Waals surface area contributed by atoms with Gasteiger partial charge in [-0.1, -0.05) is 12.1 Å². The summed E-state index contributed by atoms with van der Waals surface area (Å²) in [5, 5.41) is 29.1. The van der Waals surface area contributed by atoms with Crippen LogP contribution >= 0.6 is 0 Å². The summed E-state index contributed by atoms with van der Waals surface area (Å²) < 4.78 is 0. The predicted molar refractivity (Wildman–Crippen MR) is 192 cm³/mol. The molecule has 20 N–H and O–H groups in total. The van der Waals surface area contributed by atoms with Crippen molar-refractivity contribution in [2.45, 2.75) is 88.0 Å². The van der Waals surface area contributed by atoms with Crippen molar-refractivity contribution >= 4 is 47.4 Å². The lowest BCUT2D eigenvalue weighted by molar-refractivity contribution is -0.142. The fourth-order valence-corrected chi connectivity index (χ4v) is 4.76. The monoisotopic (exact) mass is 735 g/mol. The van der Waals surface area contributed by atoms with Crippen molar-refractivity contribution in [3.8, 4) is 5.75 Å². The van der Waals surface area contributed by atoms with Gasteiger partial charge in [0.05, 0.1) is 12.5 Å². The van der Waals surface area contributed by atoms with Crippen molar-refractivity contribution in [3.05, 3.63) is 29.8 Å². The van der Waals surface area contributed by atoms with E-state index < -0.39 is 72.1 Å². The van der Waals surface area contributed by atoms with Crippen LogP contribution in [0.25, 0.3) is 0 Å². The van der Waals surface area contributed by atoms with E-state index in [-0.39, 0.29) is 69.4 Å². The molecule has 0 aliphatic rings. The Labute approximate surface area is 300 Å². The summed E-state index contributed by atoms with van der Waals surface area (Å²) in [5.41, 5.74) is 38.8. The SMILES string of the molecule is NCCCC[C@H](NC(=O)[C@H](CCCN=C(N)N)NC(=O)[C@@H](N)CCCN=C(N)N)C(=O)N[C@@H](CC(N)=O)C(=O)N[C@@H](Cc1ccc(O)cc1)C(=O)O. The van der Waals surface area contributed by atoms with E-state index in [9.17, 15) is 39.0 Å². The van der Waals surface area contributed by atoms with Gasteiger partial charge in [-0.05, 0) is 69.2 Å². The lowest BCUT2D eigenvalue weighted by Gasteiger charge is -2.26. The number of benzene rings is 1. The number of carbonyl (C=O) groups is 6. The average Bonchev–Trinajstić information content (AvgIpc) is 3.07. The fraction of sp³-hybridized carbons (Fsp3) is 0.548. The minimum absolute atomic E-state index is 0.0382. The van der Waals surface area contributed by atoms with Crippen LogP contribution in [0.1, 0.15) is 56.9 Å². The van der Waals surface area contributed by atoms with Crippen LogP contribution in [0.5, 0.6) is 5.75 Å². The lowest BCUT2D eigenvalue weighted by Crippen LogP contribution is -2.59. The molecule has 1 aromatic carbocycles. The molecule has 0 aliphatic heterocycles. The highest BCUT2D eigenvalue weighted by molar-refractivity contribution is 5.97. The quantitative estimate of drug-likeness (QED) is 0.0255. The first-order valence-electron chi connectivity index (χ1n) is 16.6. The summed E-state index contributed by atoms with van der Waals surface area (Å²) in [7, 11) is 0. The molecule has 0 heterocycles. The van der Waals surface area contributed by atoms with Crippen molar-refractivity contribution < 1.29 is 39.0 Å². The molecule has 21 nitrogen and oxygen atoms in total. The number of aliphatic imine (C=N–C) groups is 2. The zero-order chi connectivity index (χ0) is 39.2. The van der Waals surface area contributed by atoms with Crippen molar-refractivity contribution in [2.75, 3.05) is 19.6 Å². The van der Waals surface area contributed by atoms with E-state index >= 15 is 0 Å². The van der Waals surface area contributed by atoms with Gasteiger partial charge in [-0.15, -0.1) is 0 Å². The Morgan fingerprint density at radius 1 is 0.635 bits per heavy atom. The molecule has 0 unspecified atom stereocenters. The molecule has 0 fully saturated rings. The minimum atomic E-state index is -1.62. The maximum Gasteiger partial charge on any atom is 0.326 e. The molecular formula is C31H53N13O8. The van der Waals surface area contributed by atoms with Crippen LogP contribution < -0.4 is 61.4 Å². The number of rotatable bonds is 25. The zero-order valence-electron chi connectivity index (χ0n) is 29.0. The number of nitrogens with two attached hydrogens (primary N) is 7. The number of nitrogens with one attached hydrogen (secondary N) is 4. The minimum Gasteiger partial charge on any atom is -0.508 e. The number of guanidine groups is 2. The Kier molecular flexibility index (Phi) is 20.2. The predicted octanol–water partition coefficient (Wildman–Crippen LogP) is -4.60. The fourth-order valence-electron chi connectivity index (χ4n) is 4.76. The number of carbonyl (C=O) groups excluding carboxylic acids is 5. The van der Waals surface area contributed by atoms with Crippen LogP contribution in [0.3, 0.4) is 0 Å². The van der Waals surface area contributed by atoms with Crippen molar-refractivity contribution in [3.63, 3.8) is 0 Å². The summed E-state index contributed by atoms with van der Waals surface area (Å²) in [6.07, 6.45) is 0.831. The molecule has 290 valence electrons. The normalized spacial score (nSPS) is 13.6. The second-order valence-electron chi connectivity index (χ2n) is 11.9. The summed E-state index contributed by atoms with van der Waals surface area (Å²) >= 11 is 0. The number of nitrogens with zero attached hydrogens (tertiary/aromatic N) is 2. The number of phenolic OH excluding ortho intramolecular Hbond substituents is 1. The molecular weight excluding hydrogens is 682 g/mol. The highest BCUT2D eigenvalue weighted by atomic mass is 16.4. The number of carboxylic acids is 1. The lowest BCUT2D eigenvalue weighted by atomic mass is 10.0. The topological polar surface area (TPSA) is 398 Å². The first-order valence-corrected chi connectivity index (χ1v) is 16.6. The van der Waals surface area contributed by atoms with E-state index in [0.29, 0.717) is 24.8 Å². The summed E-state index contributed by atoms with van der Waals surface area (Å²) in [5.74, 6) is -6.05. The van der Waals surface area contributed by atoms with Crippen LogP contribution in [0.15, 0.2) is 34.3 Å². The van der Waals surface area contributed by atoms with Gasteiger partial charge in [-0.2, -0.15) is 0 Å². The van der Waals surface area contributed by atoms with Crippen LogP contribution in [-0.2, 0) is 35.2 Å². The number of aromatic hydroxyl groups is 1. The van der Waals surface area contributed by atoms with Gasteiger partial charge in [-0.25, -0.2) is 4.79 Å². The van der Waals surface area contributed by atoms with Crippen LogP contribution in [0.4, 0.5) is 0 Å². The molecule has 0 saturated heterocycles. The van der Waals surface area contributed by atoms with Gasteiger partial charge >= 0.3 is 5.97 Å². The third-order valence-corrected chi connectivity index (χ3v) is 7.49. The van der Waals surface area contributed by atoms with Gasteiger partial charge in [0.15, 0.2) is 11.9 Å². The highest BCUT2D eigenvalue weighted by Crippen LogP contribution is 2.12. The van der Waals surface area contributed by atoms with Gasteiger partial charge in [0.1, 0.15) is 29.9 Å². The molecule has 1 aromatic rings.